The molecule has 0 spiro atoms. The number of rotatable bonds is 4. The smallest absolute Gasteiger partial charge is 0.249 e. The number of aromatic nitrogens is 2. The van der Waals surface area contributed by atoms with E-state index < -0.39 is 17.6 Å². The first-order valence-electron chi connectivity index (χ1n) is 9.79. The van der Waals surface area contributed by atoms with Gasteiger partial charge >= 0.3 is 0 Å². The van der Waals surface area contributed by atoms with Crippen molar-refractivity contribution in [2.24, 2.45) is 5.92 Å². The van der Waals surface area contributed by atoms with Crippen LogP contribution in [0.1, 0.15) is 45.9 Å². The Morgan fingerprint density at radius 1 is 1.23 bits per heavy atom. The Labute approximate surface area is 177 Å². The molecule has 0 saturated heterocycles. The van der Waals surface area contributed by atoms with Crippen molar-refractivity contribution in [2.45, 2.75) is 25.2 Å². The number of carbonyl (C=O) groups is 2. The Hall–Kier alpha value is -3.43. The fourth-order valence-electron chi connectivity index (χ4n) is 4.62. The molecular weight excluding hydrogens is 400 g/mol. The number of fused-ring (bicyclic) bond motifs is 3. The molecule has 1 amide bonds. The molecule has 1 aromatic heterocycles. The second-order valence-corrected chi connectivity index (χ2v) is 8.05. The van der Waals surface area contributed by atoms with Gasteiger partial charge in [-0.3, -0.25) is 14.7 Å². The van der Waals surface area contributed by atoms with Gasteiger partial charge in [0.2, 0.25) is 11.7 Å². The molecule has 30 heavy (non-hydrogen) atoms. The van der Waals surface area contributed by atoms with E-state index in [2.05, 4.69) is 21.6 Å². The van der Waals surface area contributed by atoms with E-state index in [1.807, 2.05) is 18.2 Å². The van der Waals surface area contributed by atoms with Gasteiger partial charge in [-0.05, 0) is 48.6 Å². The third kappa shape index (κ3) is 2.82. The second kappa shape index (κ2) is 7.12. The number of benzene rings is 2. The Morgan fingerprint density at radius 2 is 2.07 bits per heavy atom. The predicted molar refractivity (Wildman–Crippen MR) is 112 cm³/mol. The average molecular weight is 417 g/mol. The van der Waals surface area contributed by atoms with Gasteiger partial charge in [-0.1, -0.05) is 35.9 Å². The summed E-state index contributed by atoms with van der Waals surface area (Å²) in [6.07, 6.45) is 2.96. The van der Waals surface area contributed by atoms with Gasteiger partial charge in [0.05, 0.1) is 11.8 Å². The molecule has 0 aliphatic heterocycles. The van der Waals surface area contributed by atoms with Gasteiger partial charge < -0.3 is 5.32 Å². The Bertz CT molecular complexity index is 1240. The van der Waals surface area contributed by atoms with Crippen molar-refractivity contribution >= 4 is 29.0 Å². The highest BCUT2D eigenvalue weighted by atomic mass is 35.5. The summed E-state index contributed by atoms with van der Waals surface area (Å²) in [5, 5.41) is 19.9. The molecule has 5 rings (SSSR count). The molecule has 2 N–H and O–H groups in total. The lowest BCUT2D eigenvalue weighted by molar-refractivity contribution is -0.117. The summed E-state index contributed by atoms with van der Waals surface area (Å²) in [4.78, 5) is 25.9. The Balaban J connectivity index is 1.48. The normalized spacial score (nSPS) is 16.9. The fraction of sp³-hybridized carbons (Fsp3) is 0.217. The maximum absolute atomic E-state index is 13.2. The minimum absolute atomic E-state index is 0.0768. The molecule has 6 nitrogen and oxygen atoms in total. The molecule has 7 heteroatoms. The van der Waals surface area contributed by atoms with Gasteiger partial charge in [0, 0.05) is 27.8 Å². The highest BCUT2D eigenvalue weighted by Gasteiger charge is 2.40. The van der Waals surface area contributed by atoms with Crippen LogP contribution in [0.4, 0.5) is 5.69 Å². The lowest BCUT2D eigenvalue weighted by Gasteiger charge is -2.22. The van der Waals surface area contributed by atoms with E-state index >= 15 is 0 Å². The minimum atomic E-state index is -1.49. The van der Waals surface area contributed by atoms with E-state index in [4.69, 9.17) is 11.6 Å². The van der Waals surface area contributed by atoms with Crippen molar-refractivity contribution in [1.29, 1.82) is 5.26 Å². The van der Waals surface area contributed by atoms with Crippen LogP contribution in [0.3, 0.4) is 0 Å². The van der Waals surface area contributed by atoms with Gasteiger partial charge in [0.1, 0.15) is 5.69 Å². The monoisotopic (exact) mass is 416 g/mol. The van der Waals surface area contributed by atoms with Gasteiger partial charge in [0.25, 0.3) is 0 Å². The number of carbonyl (C=O) groups excluding carboxylic acids is 2. The van der Waals surface area contributed by atoms with Gasteiger partial charge in [-0.2, -0.15) is 10.4 Å². The van der Waals surface area contributed by atoms with Crippen molar-refractivity contribution in [2.75, 3.05) is 5.32 Å². The van der Waals surface area contributed by atoms with E-state index in [1.165, 1.54) is 11.1 Å². The molecule has 2 atom stereocenters. The number of halogens is 1. The third-order valence-electron chi connectivity index (χ3n) is 5.88. The molecular formula is C23H17ClN4O2. The van der Waals surface area contributed by atoms with Crippen LogP contribution < -0.4 is 5.32 Å². The third-order valence-corrected chi connectivity index (χ3v) is 6.12. The molecule has 2 aromatic carbocycles. The number of aromatic amines is 1. The topological polar surface area (TPSA) is 98.6 Å². The number of H-pyrrole nitrogens is 1. The number of nitrogens with one attached hydrogen (secondary N) is 2. The van der Waals surface area contributed by atoms with Crippen molar-refractivity contribution in [3.05, 3.63) is 69.9 Å². The lowest BCUT2D eigenvalue weighted by atomic mass is 9.81. The van der Waals surface area contributed by atoms with Gasteiger partial charge in [0.15, 0.2) is 5.92 Å². The zero-order valence-electron chi connectivity index (χ0n) is 15.9. The van der Waals surface area contributed by atoms with E-state index in [9.17, 15) is 14.9 Å². The zero-order chi connectivity index (χ0) is 20.8. The molecule has 0 radical (unpaired) electrons. The van der Waals surface area contributed by atoms with Gasteiger partial charge in [-0.15, -0.1) is 0 Å². The summed E-state index contributed by atoms with van der Waals surface area (Å²) in [6, 6.07) is 14.6. The standard InChI is InChI=1S/C23H17ClN4O2/c24-13-6-3-7-14(10-13)26-23(30)17(11-25)22(29)21-19-15-8-1-4-12-5-2-9-16(18(12)15)20(19)27-28-21/h2-3,5-7,9-10,15,17H,1,4,8H2,(H,26,30)(H,27,28). The summed E-state index contributed by atoms with van der Waals surface area (Å²) in [5.74, 6) is -2.66. The first kappa shape index (κ1) is 18.6. The number of hydrogen-bond acceptors (Lipinski definition) is 4. The molecule has 2 unspecified atom stereocenters. The largest absolute Gasteiger partial charge is 0.324 e. The number of amides is 1. The molecule has 0 bridgehead atoms. The summed E-state index contributed by atoms with van der Waals surface area (Å²) >= 11 is 5.95. The fourth-order valence-corrected chi connectivity index (χ4v) is 4.81. The maximum atomic E-state index is 13.2. The Morgan fingerprint density at radius 3 is 2.87 bits per heavy atom. The van der Waals surface area contributed by atoms with E-state index in [0.717, 1.165) is 36.1 Å². The highest BCUT2D eigenvalue weighted by Crippen LogP contribution is 2.51. The highest BCUT2D eigenvalue weighted by molar-refractivity contribution is 6.31. The summed E-state index contributed by atoms with van der Waals surface area (Å²) in [7, 11) is 0. The van der Waals surface area contributed by atoms with Crippen molar-refractivity contribution in [3.8, 4) is 17.3 Å². The molecule has 0 fully saturated rings. The first-order valence-corrected chi connectivity index (χ1v) is 10.2. The molecule has 2 aliphatic rings. The zero-order valence-corrected chi connectivity index (χ0v) is 16.7. The SMILES string of the molecule is N#CC(C(=O)Nc1cccc(Cl)c1)C(=O)c1[nH]nc2c1C1CCCc3cccc-2c31. The van der Waals surface area contributed by atoms with Crippen molar-refractivity contribution in [1.82, 2.24) is 10.2 Å². The molecule has 3 aromatic rings. The number of hydrogen-bond donors (Lipinski definition) is 2. The number of anilines is 1. The van der Waals surface area contributed by atoms with Crippen molar-refractivity contribution < 1.29 is 9.59 Å². The van der Waals surface area contributed by atoms with E-state index in [0.29, 0.717) is 10.7 Å². The van der Waals surface area contributed by atoms with Crippen LogP contribution in [-0.4, -0.2) is 21.9 Å². The van der Waals surface area contributed by atoms with Crippen LogP contribution in [-0.2, 0) is 11.2 Å². The van der Waals surface area contributed by atoms with Crippen LogP contribution in [0.15, 0.2) is 42.5 Å². The number of nitriles is 1. The molecule has 2 aliphatic carbocycles. The maximum Gasteiger partial charge on any atom is 0.249 e. The molecule has 148 valence electrons. The summed E-state index contributed by atoms with van der Waals surface area (Å²) in [5.41, 5.74) is 5.83. The van der Waals surface area contributed by atoms with Crippen molar-refractivity contribution in [3.63, 3.8) is 0 Å². The van der Waals surface area contributed by atoms with E-state index in [-0.39, 0.29) is 11.6 Å². The summed E-state index contributed by atoms with van der Waals surface area (Å²) < 4.78 is 0. The molecule has 0 saturated carbocycles. The van der Waals surface area contributed by atoms with E-state index in [1.54, 1.807) is 24.3 Å². The van der Waals surface area contributed by atoms with Crippen LogP contribution in [0.2, 0.25) is 5.02 Å². The number of aryl methyl sites for hydroxylation is 1. The quantitative estimate of drug-likeness (QED) is 0.484. The van der Waals surface area contributed by atoms with Crippen LogP contribution in [0.25, 0.3) is 11.3 Å². The first-order chi connectivity index (χ1) is 14.6. The van der Waals surface area contributed by atoms with Crippen LogP contribution in [0, 0.1) is 17.2 Å². The van der Waals surface area contributed by atoms with Crippen LogP contribution >= 0.6 is 11.6 Å². The lowest BCUT2D eigenvalue weighted by Crippen LogP contribution is -2.29. The number of Topliss-reactive ketones (excluding diaryl/α,β-unsaturated/α-hetero) is 1. The predicted octanol–water partition coefficient (Wildman–Crippen LogP) is 4.47. The van der Waals surface area contributed by atoms with Gasteiger partial charge in [-0.25, -0.2) is 0 Å². The number of ketones is 1. The minimum Gasteiger partial charge on any atom is -0.324 e. The summed E-state index contributed by atoms with van der Waals surface area (Å²) in [6.45, 7) is 0. The number of nitrogens with zero attached hydrogens (tertiary/aromatic N) is 2. The average Bonchev–Trinajstić information content (AvgIpc) is 3.30. The second-order valence-electron chi connectivity index (χ2n) is 7.61. The van der Waals surface area contributed by atoms with Crippen LogP contribution in [0.5, 0.6) is 0 Å². The molecule has 1 heterocycles. The Kier molecular flexibility index (Phi) is 4.41.